The second-order valence-corrected chi connectivity index (χ2v) is 6.09. The van der Waals surface area contributed by atoms with E-state index in [1.807, 2.05) is 0 Å². The van der Waals surface area contributed by atoms with Crippen molar-refractivity contribution in [3.05, 3.63) is 35.4 Å². The second-order valence-electron chi connectivity index (χ2n) is 6.09. The Kier molecular flexibility index (Phi) is 4.56. The number of hydrogen-bond acceptors (Lipinski definition) is 3. The quantitative estimate of drug-likeness (QED) is 0.858. The van der Waals surface area contributed by atoms with E-state index in [4.69, 9.17) is 4.74 Å². The van der Waals surface area contributed by atoms with Crippen molar-refractivity contribution in [1.29, 1.82) is 0 Å². The minimum atomic E-state index is -0.0553. The molecule has 2 aliphatic rings. The smallest absolute Gasteiger partial charge is 0.227 e. The lowest BCUT2D eigenvalue weighted by atomic mass is 10.0. The first kappa shape index (κ1) is 14.5. The van der Waals surface area contributed by atoms with Crippen molar-refractivity contribution in [3.8, 4) is 0 Å². The lowest BCUT2D eigenvalue weighted by Gasteiger charge is -2.20. The van der Waals surface area contributed by atoms with Crippen molar-refractivity contribution >= 4 is 5.91 Å². The first-order valence-electron chi connectivity index (χ1n) is 7.96. The van der Waals surface area contributed by atoms with Crippen LogP contribution in [-0.4, -0.2) is 37.7 Å². The number of carbonyl (C=O) groups excluding carboxylic acids is 1. The highest BCUT2D eigenvalue weighted by molar-refractivity contribution is 5.80. The van der Waals surface area contributed by atoms with Gasteiger partial charge in [0.15, 0.2) is 0 Å². The number of benzene rings is 1. The van der Waals surface area contributed by atoms with Gasteiger partial charge in [-0.2, -0.15) is 0 Å². The summed E-state index contributed by atoms with van der Waals surface area (Å²) in [6.07, 6.45) is 2.97. The van der Waals surface area contributed by atoms with Gasteiger partial charge >= 0.3 is 0 Å². The largest absolute Gasteiger partial charge is 0.379 e. The molecule has 1 amide bonds. The number of amides is 1. The van der Waals surface area contributed by atoms with Crippen LogP contribution >= 0.6 is 0 Å². The predicted molar refractivity (Wildman–Crippen MR) is 82.2 cm³/mol. The van der Waals surface area contributed by atoms with Crippen LogP contribution < -0.4 is 10.6 Å². The van der Waals surface area contributed by atoms with Crippen LogP contribution in [0, 0.1) is 5.92 Å². The second kappa shape index (κ2) is 6.58. The minimum absolute atomic E-state index is 0.0553. The lowest BCUT2D eigenvalue weighted by Crippen LogP contribution is -2.47. The van der Waals surface area contributed by atoms with Gasteiger partial charge in [-0.05, 0) is 36.9 Å². The highest BCUT2D eigenvalue weighted by Gasteiger charge is 2.35. The summed E-state index contributed by atoms with van der Waals surface area (Å²) in [5.74, 6) is 0.0826. The van der Waals surface area contributed by atoms with Crippen LogP contribution in [0.2, 0.25) is 0 Å². The molecule has 4 nitrogen and oxygen atoms in total. The van der Waals surface area contributed by atoms with Crippen molar-refractivity contribution in [1.82, 2.24) is 10.6 Å². The number of ether oxygens (including phenoxy) is 1. The molecule has 1 aliphatic carbocycles. The van der Waals surface area contributed by atoms with E-state index in [0.717, 1.165) is 25.8 Å². The molecule has 0 aromatic heterocycles. The van der Waals surface area contributed by atoms with Gasteiger partial charge in [-0.25, -0.2) is 0 Å². The molecule has 1 aromatic carbocycles. The maximum absolute atomic E-state index is 12.5. The molecule has 1 saturated heterocycles. The van der Waals surface area contributed by atoms with E-state index in [0.29, 0.717) is 13.2 Å². The molecule has 4 heteroatoms. The number of hydrogen-bond donors (Lipinski definition) is 2. The fourth-order valence-corrected chi connectivity index (χ4v) is 3.31. The van der Waals surface area contributed by atoms with Crippen molar-refractivity contribution in [2.75, 3.05) is 19.8 Å². The van der Waals surface area contributed by atoms with E-state index < -0.39 is 0 Å². The van der Waals surface area contributed by atoms with Crippen LogP contribution in [0.25, 0.3) is 0 Å². The maximum Gasteiger partial charge on any atom is 0.227 e. The molecule has 1 fully saturated rings. The topological polar surface area (TPSA) is 50.4 Å². The highest BCUT2D eigenvalue weighted by atomic mass is 16.5. The van der Waals surface area contributed by atoms with Crippen molar-refractivity contribution in [2.24, 2.45) is 5.92 Å². The van der Waals surface area contributed by atoms with Crippen LogP contribution in [0.1, 0.15) is 24.5 Å². The van der Waals surface area contributed by atoms with Gasteiger partial charge in [-0.15, -0.1) is 0 Å². The standard InChI is InChI=1S/C17H24N2O2/c1-2-7-18-16-11-21-10-15(16)17(20)19-14-8-12-5-3-4-6-13(12)9-14/h3-6,14-16,18H,2,7-11H2,1H3,(H,19,20). The first-order valence-corrected chi connectivity index (χ1v) is 7.96. The molecular formula is C17H24N2O2. The zero-order valence-electron chi connectivity index (χ0n) is 12.6. The molecule has 3 rings (SSSR count). The zero-order valence-corrected chi connectivity index (χ0v) is 12.6. The van der Waals surface area contributed by atoms with Crippen molar-refractivity contribution in [3.63, 3.8) is 0 Å². The molecule has 0 bridgehead atoms. The molecular weight excluding hydrogens is 264 g/mol. The molecule has 0 spiro atoms. The molecule has 2 atom stereocenters. The lowest BCUT2D eigenvalue weighted by molar-refractivity contribution is -0.126. The van der Waals surface area contributed by atoms with Gasteiger partial charge in [0.1, 0.15) is 0 Å². The Morgan fingerprint density at radius 2 is 1.95 bits per heavy atom. The number of rotatable bonds is 5. The third-order valence-corrected chi connectivity index (χ3v) is 4.47. The molecule has 0 radical (unpaired) electrons. The van der Waals surface area contributed by atoms with Gasteiger partial charge in [-0.1, -0.05) is 31.2 Å². The van der Waals surface area contributed by atoms with Gasteiger partial charge in [0.05, 0.1) is 19.1 Å². The van der Waals surface area contributed by atoms with Crippen LogP contribution in [-0.2, 0) is 22.4 Å². The summed E-state index contributed by atoms with van der Waals surface area (Å²) in [6, 6.07) is 8.85. The van der Waals surface area contributed by atoms with E-state index in [9.17, 15) is 4.79 Å². The number of nitrogens with one attached hydrogen (secondary N) is 2. The third kappa shape index (κ3) is 3.27. The number of carbonyl (C=O) groups is 1. The van der Waals surface area contributed by atoms with E-state index >= 15 is 0 Å². The SMILES string of the molecule is CCCNC1COCC1C(=O)NC1Cc2ccccc2C1. The molecule has 21 heavy (non-hydrogen) atoms. The highest BCUT2D eigenvalue weighted by Crippen LogP contribution is 2.22. The third-order valence-electron chi connectivity index (χ3n) is 4.47. The summed E-state index contributed by atoms with van der Waals surface area (Å²) in [6.45, 7) is 4.25. The summed E-state index contributed by atoms with van der Waals surface area (Å²) in [5, 5.41) is 6.63. The molecule has 1 aliphatic heterocycles. The van der Waals surface area contributed by atoms with Gasteiger partial charge < -0.3 is 15.4 Å². The Hall–Kier alpha value is -1.39. The zero-order chi connectivity index (χ0) is 14.7. The molecule has 2 N–H and O–H groups in total. The molecule has 2 unspecified atom stereocenters. The van der Waals surface area contributed by atoms with E-state index in [1.54, 1.807) is 0 Å². The summed E-state index contributed by atoms with van der Waals surface area (Å²) >= 11 is 0. The van der Waals surface area contributed by atoms with Gasteiger partial charge in [-0.3, -0.25) is 4.79 Å². The normalized spacial score (nSPS) is 25.0. The fraction of sp³-hybridized carbons (Fsp3) is 0.588. The Morgan fingerprint density at radius 1 is 1.24 bits per heavy atom. The average molecular weight is 288 g/mol. The molecule has 1 aromatic rings. The molecule has 114 valence electrons. The average Bonchev–Trinajstić information content (AvgIpc) is 3.10. The van der Waals surface area contributed by atoms with Crippen molar-refractivity contribution in [2.45, 2.75) is 38.3 Å². The van der Waals surface area contributed by atoms with Gasteiger partial charge in [0, 0.05) is 12.1 Å². The Morgan fingerprint density at radius 3 is 2.62 bits per heavy atom. The van der Waals surface area contributed by atoms with Gasteiger partial charge in [0.2, 0.25) is 5.91 Å². The Labute approximate surface area is 126 Å². The summed E-state index contributed by atoms with van der Waals surface area (Å²) in [5.41, 5.74) is 2.73. The fourth-order valence-electron chi connectivity index (χ4n) is 3.31. The van der Waals surface area contributed by atoms with Crippen LogP contribution in [0.3, 0.4) is 0 Å². The van der Waals surface area contributed by atoms with E-state index in [1.165, 1.54) is 11.1 Å². The summed E-state index contributed by atoms with van der Waals surface area (Å²) in [7, 11) is 0. The van der Waals surface area contributed by atoms with Crippen LogP contribution in [0.15, 0.2) is 24.3 Å². The van der Waals surface area contributed by atoms with E-state index in [-0.39, 0.29) is 23.9 Å². The van der Waals surface area contributed by atoms with E-state index in [2.05, 4.69) is 41.8 Å². The monoisotopic (exact) mass is 288 g/mol. The minimum Gasteiger partial charge on any atom is -0.379 e. The van der Waals surface area contributed by atoms with Crippen molar-refractivity contribution < 1.29 is 9.53 Å². The molecule has 1 heterocycles. The number of fused-ring (bicyclic) bond motifs is 1. The van der Waals surface area contributed by atoms with Crippen LogP contribution in [0.4, 0.5) is 0 Å². The maximum atomic E-state index is 12.5. The van der Waals surface area contributed by atoms with Crippen LogP contribution in [0.5, 0.6) is 0 Å². The Balaban J connectivity index is 1.55. The van der Waals surface area contributed by atoms with Gasteiger partial charge in [0.25, 0.3) is 0 Å². The summed E-state index contributed by atoms with van der Waals surface area (Å²) < 4.78 is 5.49. The predicted octanol–water partition coefficient (Wildman–Crippen LogP) is 1.28. The summed E-state index contributed by atoms with van der Waals surface area (Å²) in [4.78, 5) is 12.5. The molecule has 0 saturated carbocycles. The Bertz CT molecular complexity index is 478. The first-order chi connectivity index (χ1) is 10.3.